The third kappa shape index (κ3) is 3.24. The van der Waals surface area contributed by atoms with Crippen LogP contribution < -0.4 is 0 Å². The second-order valence-corrected chi connectivity index (χ2v) is 6.00. The number of hydrogen-bond acceptors (Lipinski definition) is 3. The maximum absolute atomic E-state index is 4.68. The largest absolute Gasteiger partial charge is 0.221 e. The van der Waals surface area contributed by atoms with E-state index in [0.717, 1.165) is 30.9 Å². The summed E-state index contributed by atoms with van der Waals surface area (Å²) in [5.41, 5.74) is 0.0657. The van der Waals surface area contributed by atoms with E-state index in [4.69, 9.17) is 0 Å². The third-order valence-electron chi connectivity index (χ3n) is 3.54. The molecule has 0 saturated carbocycles. The molecule has 0 unspecified atom stereocenters. The number of hydrogen-bond donors (Lipinski definition) is 0. The quantitative estimate of drug-likeness (QED) is 0.782. The molecule has 1 aromatic heterocycles. The van der Waals surface area contributed by atoms with Gasteiger partial charge >= 0.3 is 0 Å². The maximum Gasteiger partial charge on any atom is 0.137 e. The number of aromatic nitrogens is 3. The molecule has 0 saturated heterocycles. The molecule has 0 aromatic carbocycles. The van der Waals surface area contributed by atoms with Crippen molar-refractivity contribution in [2.24, 2.45) is 0 Å². The van der Waals surface area contributed by atoms with Crippen molar-refractivity contribution >= 4 is 0 Å². The lowest BCUT2D eigenvalue weighted by molar-refractivity contribution is 0.418. The van der Waals surface area contributed by atoms with Gasteiger partial charge in [-0.1, -0.05) is 48.0 Å². The first-order valence-corrected chi connectivity index (χ1v) is 6.53. The van der Waals surface area contributed by atoms with Gasteiger partial charge < -0.3 is 0 Å². The first-order valence-electron chi connectivity index (χ1n) is 6.53. The van der Waals surface area contributed by atoms with E-state index in [-0.39, 0.29) is 10.8 Å². The Kier molecular flexibility index (Phi) is 4.23. The molecule has 0 atom stereocenters. The SMILES string of the molecule is CCCC(C)(C)c1ncnc(C(C)(C)CC)n1. The van der Waals surface area contributed by atoms with Gasteiger partial charge in [-0.25, -0.2) is 15.0 Å². The van der Waals surface area contributed by atoms with Gasteiger partial charge in [0.25, 0.3) is 0 Å². The normalized spacial score (nSPS) is 12.8. The van der Waals surface area contributed by atoms with Crippen LogP contribution in [0.3, 0.4) is 0 Å². The molecule has 0 aliphatic carbocycles. The average molecular weight is 235 g/mol. The second-order valence-electron chi connectivity index (χ2n) is 6.00. The van der Waals surface area contributed by atoms with Gasteiger partial charge in [-0.15, -0.1) is 0 Å². The Labute approximate surface area is 105 Å². The molecule has 0 aliphatic heterocycles. The monoisotopic (exact) mass is 235 g/mol. The Morgan fingerprint density at radius 2 is 1.47 bits per heavy atom. The standard InChI is InChI=1S/C14H25N3/c1-7-9-14(5,6)12-16-10-15-11(17-12)13(3,4)8-2/h10H,7-9H2,1-6H3. The minimum absolute atomic E-state index is 0.0278. The predicted octanol–water partition coefficient (Wildman–Crippen LogP) is 3.64. The van der Waals surface area contributed by atoms with Crippen molar-refractivity contribution < 1.29 is 0 Å². The molecule has 96 valence electrons. The van der Waals surface area contributed by atoms with Gasteiger partial charge in [0, 0.05) is 10.8 Å². The van der Waals surface area contributed by atoms with Crippen molar-refractivity contribution in [3.63, 3.8) is 0 Å². The lowest BCUT2D eigenvalue weighted by atomic mass is 9.86. The minimum atomic E-state index is 0.0278. The molecule has 0 bridgehead atoms. The molecule has 0 N–H and O–H groups in total. The summed E-state index contributed by atoms with van der Waals surface area (Å²) >= 11 is 0. The van der Waals surface area contributed by atoms with E-state index in [2.05, 4.69) is 56.5 Å². The summed E-state index contributed by atoms with van der Waals surface area (Å²) in [4.78, 5) is 13.4. The van der Waals surface area contributed by atoms with E-state index in [1.165, 1.54) is 0 Å². The van der Waals surface area contributed by atoms with Crippen molar-refractivity contribution in [3.8, 4) is 0 Å². The van der Waals surface area contributed by atoms with E-state index >= 15 is 0 Å². The number of nitrogens with zero attached hydrogens (tertiary/aromatic N) is 3. The summed E-state index contributed by atoms with van der Waals surface area (Å²) in [5.74, 6) is 1.83. The Hall–Kier alpha value is -0.990. The predicted molar refractivity (Wildman–Crippen MR) is 71.1 cm³/mol. The van der Waals surface area contributed by atoms with E-state index in [0.29, 0.717) is 0 Å². The highest BCUT2D eigenvalue weighted by Gasteiger charge is 2.27. The molecule has 17 heavy (non-hydrogen) atoms. The molecule has 1 aromatic rings. The fraction of sp³-hybridized carbons (Fsp3) is 0.786. The summed E-state index contributed by atoms with van der Waals surface area (Å²) in [6.07, 6.45) is 4.94. The molecular formula is C14H25N3. The lowest BCUT2D eigenvalue weighted by Crippen LogP contribution is -2.26. The topological polar surface area (TPSA) is 38.7 Å². The zero-order valence-electron chi connectivity index (χ0n) is 12.0. The molecule has 0 aliphatic rings. The fourth-order valence-corrected chi connectivity index (χ4v) is 1.84. The van der Waals surface area contributed by atoms with Crippen molar-refractivity contribution in [2.75, 3.05) is 0 Å². The summed E-state index contributed by atoms with van der Waals surface area (Å²) in [7, 11) is 0. The van der Waals surface area contributed by atoms with Crippen molar-refractivity contribution in [1.82, 2.24) is 15.0 Å². The Morgan fingerprint density at radius 3 is 1.94 bits per heavy atom. The highest BCUT2D eigenvalue weighted by molar-refractivity contribution is 5.09. The summed E-state index contributed by atoms with van der Waals surface area (Å²) < 4.78 is 0. The van der Waals surface area contributed by atoms with Gasteiger partial charge in [-0.05, 0) is 12.8 Å². The third-order valence-corrected chi connectivity index (χ3v) is 3.54. The summed E-state index contributed by atoms with van der Waals surface area (Å²) in [5, 5.41) is 0. The van der Waals surface area contributed by atoms with Gasteiger partial charge in [0.1, 0.15) is 18.0 Å². The molecule has 0 amide bonds. The molecular weight excluding hydrogens is 210 g/mol. The van der Waals surface area contributed by atoms with Crippen LogP contribution in [0.25, 0.3) is 0 Å². The maximum atomic E-state index is 4.68. The highest BCUT2D eigenvalue weighted by atomic mass is 15.0. The van der Waals surface area contributed by atoms with Crippen LogP contribution in [-0.4, -0.2) is 15.0 Å². The van der Waals surface area contributed by atoms with Crippen LogP contribution in [-0.2, 0) is 10.8 Å². The van der Waals surface area contributed by atoms with E-state index in [1.807, 2.05) is 0 Å². The second kappa shape index (κ2) is 5.11. The average Bonchev–Trinajstić information content (AvgIpc) is 2.29. The summed E-state index contributed by atoms with van der Waals surface area (Å²) in [6, 6.07) is 0. The molecule has 3 nitrogen and oxygen atoms in total. The van der Waals surface area contributed by atoms with E-state index < -0.39 is 0 Å². The van der Waals surface area contributed by atoms with Gasteiger partial charge in [0.05, 0.1) is 0 Å². The van der Waals surface area contributed by atoms with Gasteiger partial charge in [0.2, 0.25) is 0 Å². The minimum Gasteiger partial charge on any atom is -0.221 e. The van der Waals surface area contributed by atoms with Gasteiger partial charge in [-0.3, -0.25) is 0 Å². The molecule has 1 heterocycles. The van der Waals surface area contributed by atoms with Crippen LogP contribution in [0.4, 0.5) is 0 Å². The zero-order valence-corrected chi connectivity index (χ0v) is 12.0. The molecule has 0 spiro atoms. The fourth-order valence-electron chi connectivity index (χ4n) is 1.84. The van der Waals surface area contributed by atoms with Crippen LogP contribution in [0.15, 0.2) is 6.33 Å². The first-order chi connectivity index (χ1) is 7.83. The van der Waals surface area contributed by atoms with Crippen LogP contribution in [0.5, 0.6) is 0 Å². The van der Waals surface area contributed by atoms with Crippen LogP contribution >= 0.6 is 0 Å². The van der Waals surface area contributed by atoms with E-state index in [9.17, 15) is 0 Å². The Balaban J connectivity index is 3.09. The van der Waals surface area contributed by atoms with Crippen LogP contribution in [0, 0.1) is 0 Å². The lowest BCUT2D eigenvalue weighted by Gasteiger charge is -2.25. The van der Waals surface area contributed by atoms with Gasteiger partial charge in [0.15, 0.2) is 0 Å². The smallest absolute Gasteiger partial charge is 0.137 e. The Morgan fingerprint density at radius 1 is 0.941 bits per heavy atom. The molecule has 0 radical (unpaired) electrons. The van der Waals surface area contributed by atoms with Gasteiger partial charge in [-0.2, -0.15) is 0 Å². The highest BCUT2D eigenvalue weighted by Crippen LogP contribution is 2.28. The zero-order chi connectivity index (χ0) is 13.1. The molecule has 1 rings (SSSR count). The summed E-state index contributed by atoms with van der Waals surface area (Å²) in [6.45, 7) is 13.1. The molecule has 0 fully saturated rings. The Bertz CT molecular complexity index is 369. The van der Waals surface area contributed by atoms with Crippen LogP contribution in [0.2, 0.25) is 0 Å². The number of rotatable bonds is 5. The van der Waals surface area contributed by atoms with Crippen molar-refractivity contribution in [2.45, 2.75) is 71.6 Å². The van der Waals surface area contributed by atoms with Crippen molar-refractivity contribution in [3.05, 3.63) is 18.0 Å². The van der Waals surface area contributed by atoms with Crippen LogP contribution in [0.1, 0.15) is 72.5 Å². The first kappa shape index (κ1) is 14.1. The van der Waals surface area contributed by atoms with Crippen molar-refractivity contribution in [1.29, 1.82) is 0 Å². The van der Waals surface area contributed by atoms with E-state index in [1.54, 1.807) is 6.33 Å². The molecule has 3 heteroatoms.